The van der Waals surface area contributed by atoms with Gasteiger partial charge in [0.2, 0.25) is 5.91 Å². The molecule has 2 N–H and O–H groups in total. The normalized spacial score (nSPS) is 14.5. The first kappa shape index (κ1) is 12.9. The van der Waals surface area contributed by atoms with Crippen LogP contribution in [0, 0.1) is 0 Å². The maximum atomic E-state index is 11.1. The fourth-order valence-electron chi connectivity index (χ4n) is 0.681. The van der Waals surface area contributed by atoms with E-state index in [9.17, 15) is 9.59 Å². The lowest BCUT2D eigenvalue weighted by atomic mass is 10.3. The van der Waals surface area contributed by atoms with Crippen LogP contribution in [0.2, 0.25) is 0 Å². The summed E-state index contributed by atoms with van der Waals surface area (Å²) >= 11 is 0. The number of carboxylic acid groups (broad SMARTS) is 1. The van der Waals surface area contributed by atoms with Crippen LogP contribution < -0.4 is 5.32 Å². The lowest BCUT2D eigenvalue weighted by Crippen LogP contribution is -2.40. The van der Waals surface area contributed by atoms with E-state index in [1.165, 1.54) is 6.92 Å². The summed E-state index contributed by atoms with van der Waals surface area (Å²) in [5, 5.41) is 10.8. The average Bonchev–Trinajstić information content (AvgIpc) is 2.13. The van der Waals surface area contributed by atoms with Crippen LogP contribution in [0.1, 0.15) is 27.2 Å². The average molecular weight is 203 g/mol. The van der Waals surface area contributed by atoms with Gasteiger partial charge in [0.05, 0.1) is 6.10 Å². The standard InChI is InChI=1S/C9H17NO4/c1-4-6(2)14-5-8(11)10-7(3)9(12)13/h6-7H,4-5H2,1-3H3,(H,10,11)(H,12,13)/t6?,7-/m0/s1. The van der Waals surface area contributed by atoms with E-state index in [1.54, 1.807) is 0 Å². The van der Waals surface area contributed by atoms with Crippen LogP contribution in [0.15, 0.2) is 0 Å². The molecule has 0 aromatic carbocycles. The molecule has 0 aliphatic heterocycles. The van der Waals surface area contributed by atoms with Crippen LogP contribution >= 0.6 is 0 Å². The van der Waals surface area contributed by atoms with Gasteiger partial charge in [0.1, 0.15) is 12.6 Å². The van der Waals surface area contributed by atoms with Gasteiger partial charge in [0, 0.05) is 0 Å². The second-order valence-corrected chi connectivity index (χ2v) is 3.16. The topological polar surface area (TPSA) is 75.6 Å². The van der Waals surface area contributed by atoms with E-state index in [4.69, 9.17) is 9.84 Å². The van der Waals surface area contributed by atoms with Crippen LogP contribution in [0.25, 0.3) is 0 Å². The number of rotatable bonds is 6. The molecule has 5 heteroatoms. The highest BCUT2D eigenvalue weighted by atomic mass is 16.5. The lowest BCUT2D eigenvalue weighted by Gasteiger charge is -2.12. The number of nitrogens with one attached hydrogen (secondary N) is 1. The number of carbonyl (C=O) groups is 2. The van der Waals surface area contributed by atoms with Gasteiger partial charge >= 0.3 is 5.97 Å². The lowest BCUT2D eigenvalue weighted by molar-refractivity contribution is -0.142. The molecule has 0 saturated heterocycles. The third-order valence-corrected chi connectivity index (χ3v) is 1.82. The summed E-state index contributed by atoms with van der Waals surface area (Å²) in [6.07, 6.45) is 0.836. The Labute approximate surface area is 83.4 Å². The zero-order valence-electron chi connectivity index (χ0n) is 8.74. The first-order valence-electron chi connectivity index (χ1n) is 4.61. The maximum Gasteiger partial charge on any atom is 0.325 e. The summed E-state index contributed by atoms with van der Waals surface area (Å²) in [6.45, 7) is 5.12. The highest BCUT2D eigenvalue weighted by Crippen LogP contribution is 1.94. The summed E-state index contributed by atoms with van der Waals surface area (Å²) in [5.41, 5.74) is 0. The molecule has 0 aliphatic rings. The van der Waals surface area contributed by atoms with Gasteiger partial charge < -0.3 is 15.2 Å². The summed E-state index contributed by atoms with van der Waals surface area (Å²) in [4.78, 5) is 21.5. The van der Waals surface area contributed by atoms with Crippen molar-refractivity contribution in [1.82, 2.24) is 5.32 Å². The van der Waals surface area contributed by atoms with E-state index in [1.807, 2.05) is 13.8 Å². The predicted octanol–water partition coefficient (Wildman–Crippen LogP) is 0.391. The molecule has 0 rings (SSSR count). The molecule has 14 heavy (non-hydrogen) atoms. The monoisotopic (exact) mass is 203 g/mol. The molecule has 0 radical (unpaired) electrons. The van der Waals surface area contributed by atoms with Crippen LogP contribution in [-0.2, 0) is 14.3 Å². The van der Waals surface area contributed by atoms with Crippen molar-refractivity contribution < 1.29 is 19.4 Å². The number of ether oxygens (including phenoxy) is 1. The first-order chi connectivity index (χ1) is 6.47. The van der Waals surface area contributed by atoms with Gasteiger partial charge in [-0.3, -0.25) is 9.59 Å². The van der Waals surface area contributed by atoms with Gasteiger partial charge in [-0.05, 0) is 20.3 Å². The van der Waals surface area contributed by atoms with Gasteiger partial charge in [-0.2, -0.15) is 0 Å². The van der Waals surface area contributed by atoms with E-state index in [0.717, 1.165) is 6.42 Å². The fraction of sp³-hybridized carbons (Fsp3) is 0.778. The molecule has 0 aromatic heterocycles. The van der Waals surface area contributed by atoms with Crippen LogP contribution in [0.4, 0.5) is 0 Å². The summed E-state index contributed by atoms with van der Waals surface area (Å²) in [7, 11) is 0. The van der Waals surface area contributed by atoms with E-state index in [2.05, 4.69) is 5.32 Å². The van der Waals surface area contributed by atoms with E-state index in [-0.39, 0.29) is 12.7 Å². The van der Waals surface area contributed by atoms with E-state index in [0.29, 0.717) is 0 Å². The molecule has 5 nitrogen and oxygen atoms in total. The number of hydrogen-bond donors (Lipinski definition) is 2. The molecule has 0 spiro atoms. The molecule has 0 saturated carbocycles. The Morgan fingerprint density at radius 3 is 2.43 bits per heavy atom. The highest BCUT2D eigenvalue weighted by molar-refractivity contribution is 5.83. The first-order valence-corrected chi connectivity index (χ1v) is 4.61. The Balaban J connectivity index is 3.71. The predicted molar refractivity (Wildman–Crippen MR) is 50.9 cm³/mol. The second kappa shape index (κ2) is 6.37. The van der Waals surface area contributed by atoms with Crippen molar-refractivity contribution in [1.29, 1.82) is 0 Å². The molecule has 0 heterocycles. The zero-order valence-corrected chi connectivity index (χ0v) is 8.74. The highest BCUT2D eigenvalue weighted by Gasteiger charge is 2.14. The van der Waals surface area contributed by atoms with Gasteiger partial charge in [-0.25, -0.2) is 0 Å². The molecule has 1 unspecified atom stereocenters. The molecule has 0 fully saturated rings. The van der Waals surface area contributed by atoms with Gasteiger partial charge in [0.15, 0.2) is 0 Å². The second-order valence-electron chi connectivity index (χ2n) is 3.16. The summed E-state index contributed by atoms with van der Waals surface area (Å²) < 4.78 is 5.13. The minimum atomic E-state index is -1.05. The molecule has 82 valence electrons. The Morgan fingerprint density at radius 2 is 2.00 bits per heavy atom. The van der Waals surface area contributed by atoms with Gasteiger partial charge in [0.25, 0.3) is 0 Å². The van der Waals surface area contributed by atoms with Crippen molar-refractivity contribution in [3.63, 3.8) is 0 Å². The quantitative estimate of drug-likeness (QED) is 0.654. The van der Waals surface area contributed by atoms with Crippen molar-refractivity contribution in [2.24, 2.45) is 0 Å². The summed E-state index contributed by atoms with van der Waals surface area (Å²) in [6, 6.07) is -0.872. The number of amides is 1. The van der Waals surface area contributed by atoms with Crippen LogP contribution in [0.3, 0.4) is 0 Å². The van der Waals surface area contributed by atoms with Crippen molar-refractivity contribution >= 4 is 11.9 Å². The molecular weight excluding hydrogens is 186 g/mol. The molecular formula is C9H17NO4. The smallest absolute Gasteiger partial charge is 0.325 e. The van der Waals surface area contributed by atoms with Crippen molar-refractivity contribution in [3.05, 3.63) is 0 Å². The van der Waals surface area contributed by atoms with Gasteiger partial charge in [-0.1, -0.05) is 6.92 Å². The fourth-order valence-corrected chi connectivity index (χ4v) is 0.681. The number of carbonyl (C=O) groups excluding carboxylic acids is 1. The minimum Gasteiger partial charge on any atom is -0.480 e. The molecule has 0 aromatic rings. The van der Waals surface area contributed by atoms with Gasteiger partial charge in [-0.15, -0.1) is 0 Å². The number of aliphatic carboxylic acids is 1. The number of hydrogen-bond acceptors (Lipinski definition) is 3. The number of carboxylic acids is 1. The SMILES string of the molecule is CCC(C)OCC(=O)N[C@@H](C)C(=O)O. The molecule has 1 amide bonds. The van der Waals surface area contributed by atoms with E-state index < -0.39 is 17.9 Å². The van der Waals surface area contributed by atoms with Crippen LogP contribution in [-0.4, -0.2) is 35.7 Å². The Bertz CT molecular complexity index is 205. The zero-order chi connectivity index (χ0) is 11.1. The Kier molecular flexibility index (Phi) is 5.87. The third kappa shape index (κ3) is 5.53. The van der Waals surface area contributed by atoms with Crippen molar-refractivity contribution in [2.45, 2.75) is 39.3 Å². The molecule has 0 aliphatic carbocycles. The Morgan fingerprint density at radius 1 is 1.43 bits per heavy atom. The largest absolute Gasteiger partial charge is 0.480 e. The maximum absolute atomic E-state index is 11.1. The molecule has 2 atom stereocenters. The summed E-state index contributed by atoms with van der Waals surface area (Å²) in [5.74, 6) is -1.46. The van der Waals surface area contributed by atoms with Crippen molar-refractivity contribution in [3.8, 4) is 0 Å². The van der Waals surface area contributed by atoms with Crippen molar-refractivity contribution in [2.75, 3.05) is 6.61 Å². The molecule has 0 bridgehead atoms. The minimum absolute atomic E-state index is 0.0147. The van der Waals surface area contributed by atoms with Crippen LogP contribution in [0.5, 0.6) is 0 Å². The Hall–Kier alpha value is -1.10. The van der Waals surface area contributed by atoms with E-state index >= 15 is 0 Å². The third-order valence-electron chi connectivity index (χ3n) is 1.82.